The average Bonchev–Trinajstić information content (AvgIpc) is 2.63. The SMILES string of the molecule is Cc1cc(C(F)(F)F)ccc1C(=O)C1(O)CCCCCC1. The van der Waals surface area contributed by atoms with Gasteiger partial charge in [-0.3, -0.25) is 4.79 Å². The highest BCUT2D eigenvalue weighted by molar-refractivity contribution is 6.03. The molecule has 0 amide bonds. The van der Waals surface area contributed by atoms with E-state index >= 15 is 0 Å². The lowest BCUT2D eigenvalue weighted by Crippen LogP contribution is -2.38. The molecule has 1 aliphatic carbocycles. The number of benzene rings is 1. The van der Waals surface area contributed by atoms with Crippen LogP contribution in [0.25, 0.3) is 0 Å². The fourth-order valence-electron chi connectivity index (χ4n) is 2.89. The van der Waals surface area contributed by atoms with Gasteiger partial charge in [-0.2, -0.15) is 13.2 Å². The first kappa shape index (κ1) is 16.0. The number of rotatable bonds is 2. The molecule has 0 atom stereocenters. The maximum absolute atomic E-state index is 12.7. The van der Waals surface area contributed by atoms with E-state index in [9.17, 15) is 23.1 Å². The summed E-state index contributed by atoms with van der Waals surface area (Å²) in [7, 11) is 0. The van der Waals surface area contributed by atoms with Crippen molar-refractivity contribution in [2.75, 3.05) is 0 Å². The molecule has 1 aromatic carbocycles. The van der Waals surface area contributed by atoms with E-state index in [1.807, 2.05) is 0 Å². The second kappa shape index (κ2) is 5.79. The molecule has 1 fully saturated rings. The molecule has 0 spiro atoms. The Bertz CT molecular complexity index is 527. The lowest BCUT2D eigenvalue weighted by molar-refractivity contribution is -0.137. The number of halogens is 3. The van der Waals surface area contributed by atoms with Crippen molar-refractivity contribution in [3.8, 4) is 0 Å². The molecule has 0 saturated heterocycles. The summed E-state index contributed by atoms with van der Waals surface area (Å²) in [5.74, 6) is -0.448. The Hall–Kier alpha value is -1.36. The molecule has 0 unspecified atom stereocenters. The molecule has 0 radical (unpaired) electrons. The first-order chi connectivity index (χ1) is 9.74. The van der Waals surface area contributed by atoms with Crippen molar-refractivity contribution in [2.24, 2.45) is 0 Å². The summed E-state index contributed by atoms with van der Waals surface area (Å²) in [5, 5.41) is 10.6. The van der Waals surface area contributed by atoms with Crippen molar-refractivity contribution in [2.45, 2.75) is 57.2 Å². The molecule has 0 heterocycles. The van der Waals surface area contributed by atoms with Crippen LogP contribution in [0.3, 0.4) is 0 Å². The first-order valence-electron chi connectivity index (χ1n) is 7.19. The first-order valence-corrected chi connectivity index (χ1v) is 7.19. The van der Waals surface area contributed by atoms with E-state index in [1.165, 1.54) is 13.0 Å². The molecule has 0 bridgehead atoms. The summed E-state index contributed by atoms with van der Waals surface area (Å²) in [5.41, 5.74) is -1.76. The van der Waals surface area contributed by atoms with Crippen molar-refractivity contribution in [1.82, 2.24) is 0 Å². The van der Waals surface area contributed by atoms with Gasteiger partial charge in [-0.25, -0.2) is 0 Å². The van der Waals surface area contributed by atoms with E-state index in [1.54, 1.807) is 0 Å². The highest BCUT2D eigenvalue weighted by Crippen LogP contribution is 2.34. The largest absolute Gasteiger partial charge is 0.416 e. The van der Waals surface area contributed by atoms with Gasteiger partial charge in [0.15, 0.2) is 5.78 Å². The van der Waals surface area contributed by atoms with E-state index in [0.29, 0.717) is 12.8 Å². The van der Waals surface area contributed by atoms with Crippen LogP contribution in [0.15, 0.2) is 18.2 Å². The third kappa shape index (κ3) is 3.46. The number of alkyl halides is 3. The molecule has 21 heavy (non-hydrogen) atoms. The molecule has 1 saturated carbocycles. The van der Waals surface area contributed by atoms with Crippen molar-refractivity contribution < 1.29 is 23.1 Å². The molecule has 1 aliphatic rings. The summed E-state index contributed by atoms with van der Waals surface area (Å²) < 4.78 is 38.0. The van der Waals surface area contributed by atoms with Crippen LogP contribution in [0, 0.1) is 6.92 Å². The number of hydrogen-bond acceptors (Lipinski definition) is 2. The monoisotopic (exact) mass is 300 g/mol. The number of aryl methyl sites for hydroxylation is 1. The Balaban J connectivity index is 2.31. The Morgan fingerprint density at radius 3 is 2.19 bits per heavy atom. The van der Waals surface area contributed by atoms with Gasteiger partial charge in [0, 0.05) is 5.56 Å². The van der Waals surface area contributed by atoms with E-state index in [-0.39, 0.29) is 11.1 Å². The Labute approximate surface area is 122 Å². The second-order valence-corrected chi connectivity index (χ2v) is 5.80. The highest BCUT2D eigenvalue weighted by atomic mass is 19.4. The van der Waals surface area contributed by atoms with Crippen molar-refractivity contribution >= 4 is 5.78 Å². The standard InChI is InChI=1S/C16H19F3O2/c1-11-10-12(16(17,18)19)6-7-13(11)14(20)15(21)8-4-2-3-5-9-15/h6-7,10,21H,2-5,8-9H2,1H3. The molecular weight excluding hydrogens is 281 g/mol. The smallest absolute Gasteiger partial charge is 0.382 e. The minimum Gasteiger partial charge on any atom is -0.382 e. The predicted molar refractivity (Wildman–Crippen MR) is 73.2 cm³/mol. The third-order valence-corrected chi connectivity index (χ3v) is 4.15. The number of aliphatic hydroxyl groups is 1. The van der Waals surface area contributed by atoms with Gasteiger partial charge in [0.25, 0.3) is 0 Å². The van der Waals surface area contributed by atoms with Crippen LogP contribution in [-0.2, 0) is 6.18 Å². The fraction of sp³-hybridized carbons (Fsp3) is 0.562. The normalized spacial score (nSPS) is 19.1. The summed E-state index contributed by atoms with van der Waals surface area (Å²) >= 11 is 0. The van der Waals surface area contributed by atoms with Gasteiger partial charge in [-0.15, -0.1) is 0 Å². The van der Waals surface area contributed by atoms with Gasteiger partial charge in [0.05, 0.1) is 5.56 Å². The van der Waals surface area contributed by atoms with Crippen LogP contribution in [-0.4, -0.2) is 16.5 Å². The summed E-state index contributed by atoms with van der Waals surface area (Å²) in [4.78, 5) is 12.5. The van der Waals surface area contributed by atoms with Gasteiger partial charge < -0.3 is 5.11 Å². The fourth-order valence-corrected chi connectivity index (χ4v) is 2.89. The zero-order valence-electron chi connectivity index (χ0n) is 12.0. The van der Waals surface area contributed by atoms with E-state index in [2.05, 4.69) is 0 Å². The molecular formula is C16H19F3O2. The summed E-state index contributed by atoms with van der Waals surface area (Å²) in [6.07, 6.45) is -0.183. The van der Waals surface area contributed by atoms with E-state index in [4.69, 9.17) is 0 Å². The van der Waals surface area contributed by atoms with Crippen molar-refractivity contribution in [3.05, 3.63) is 34.9 Å². The van der Waals surface area contributed by atoms with Crippen LogP contribution in [0.2, 0.25) is 0 Å². The molecule has 1 aromatic rings. The Morgan fingerprint density at radius 1 is 1.14 bits per heavy atom. The molecule has 5 heteroatoms. The Kier molecular flexibility index (Phi) is 4.42. The number of carbonyl (C=O) groups is 1. The molecule has 2 rings (SSSR count). The predicted octanol–water partition coefficient (Wildman–Crippen LogP) is 4.28. The van der Waals surface area contributed by atoms with Gasteiger partial charge in [-0.05, 0) is 37.5 Å². The maximum Gasteiger partial charge on any atom is 0.416 e. The second-order valence-electron chi connectivity index (χ2n) is 5.80. The van der Waals surface area contributed by atoms with Crippen LogP contribution in [0.1, 0.15) is 60.0 Å². The van der Waals surface area contributed by atoms with Gasteiger partial charge in [0.2, 0.25) is 0 Å². The van der Waals surface area contributed by atoms with Gasteiger partial charge in [-0.1, -0.05) is 31.7 Å². The number of ketones is 1. The third-order valence-electron chi connectivity index (χ3n) is 4.15. The summed E-state index contributed by atoms with van der Waals surface area (Å²) in [6.45, 7) is 1.47. The number of carbonyl (C=O) groups excluding carboxylic acids is 1. The highest BCUT2D eigenvalue weighted by Gasteiger charge is 2.38. The number of Topliss-reactive ketones (excluding diaryl/α,β-unsaturated/α-hetero) is 1. The van der Waals surface area contributed by atoms with Crippen LogP contribution >= 0.6 is 0 Å². The topological polar surface area (TPSA) is 37.3 Å². The van der Waals surface area contributed by atoms with Crippen molar-refractivity contribution in [3.63, 3.8) is 0 Å². The molecule has 0 aromatic heterocycles. The maximum atomic E-state index is 12.7. The lowest BCUT2D eigenvalue weighted by atomic mass is 9.84. The van der Waals surface area contributed by atoms with Crippen molar-refractivity contribution in [1.29, 1.82) is 0 Å². The van der Waals surface area contributed by atoms with Crippen LogP contribution in [0.5, 0.6) is 0 Å². The van der Waals surface area contributed by atoms with Crippen LogP contribution < -0.4 is 0 Å². The van der Waals surface area contributed by atoms with Crippen LogP contribution in [0.4, 0.5) is 13.2 Å². The average molecular weight is 300 g/mol. The quantitative estimate of drug-likeness (QED) is 0.654. The molecule has 1 N–H and O–H groups in total. The van der Waals surface area contributed by atoms with E-state index < -0.39 is 23.1 Å². The van der Waals surface area contributed by atoms with Gasteiger partial charge in [0.1, 0.15) is 5.60 Å². The zero-order valence-corrected chi connectivity index (χ0v) is 12.0. The molecule has 116 valence electrons. The van der Waals surface area contributed by atoms with Gasteiger partial charge >= 0.3 is 6.18 Å². The lowest BCUT2D eigenvalue weighted by Gasteiger charge is -2.26. The Morgan fingerprint density at radius 2 is 1.71 bits per heavy atom. The molecule has 0 aliphatic heterocycles. The molecule has 2 nitrogen and oxygen atoms in total. The minimum absolute atomic E-state index is 0.187. The summed E-state index contributed by atoms with van der Waals surface area (Å²) in [6, 6.07) is 3.05. The van der Waals surface area contributed by atoms with E-state index in [0.717, 1.165) is 37.8 Å². The minimum atomic E-state index is -4.43. The number of hydrogen-bond donors (Lipinski definition) is 1. The zero-order chi connectivity index (χ0) is 15.7.